The summed E-state index contributed by atoms with van der Waals surface area (Å²) in [6, 6.07) is 16.0. The van der Waals surface area contributed by atoms with Gasteiger partial charge < -0.3 is 9.64 Å². The molecule has 1 aliphatic rings. The number of carbonyl (C=O) groups excluding carboxylic acids is 2. The van der Waals surface area contributed by atoms with Crippen LogP contribution in [0.4, 0.5) is 0 Å². The van der Waals surface area contributed by atoms with Gasteiger partial charge in [-0.05, 0) is 24.3 Å². The predicted octanol–water partition coefficient (Wildman–Crippen LogP) is 0.158. The number of rotatable bonds is 6. The van der Waals surface area contributed by atoms with E-state index in [1.54, 1.807) is 36.4 Å². The second-order valence-corrected chi connectivity index (χ2v) is 6.49. The molecule has 136 valence electrons. The number of amides is 1. The van der Waals surface area contributed by atoms with E-state index in [0.717, 1.165) is 26.2 Å². The third-order valence-corrected chi connectivity index (χ3v) is 4.42. The van der Waals surface area contributed by atoms with Gasteiger partial charge in [0.25, 0.3) is 5.91 Å². The van der Waals surface area contributed by atoms with Gasteiger partial charge in [0.05, 0.1) is 33.2 Å². The second-order valence-electron chi connectivity index (χ2n) is 6.49. The minimum absolute atomic E-state index is 0.0351. The minimum atomic E-state index is -0.172. The molecule has 6 heteroatoms. The molecule has 2 N–H and O–H groups in total. The van der Waals surface area contributed by atoms with Crippen molar-refractivity contribution in [3.8, 4) is 5.75 Å². The number of likely N-dealkylation sites (N-methyl/N-ethyl adjacent to an activating group) is 1. The molecule has 3 rings (SSSR count). The van der Waals surface area contributed by atoms with E-state index in [2.05, 4.69) is 12.5 Å². The average molecular weight is 354 g/mol. The van der Waals surface area contributed by atoms with Gasteiger partial charge >= 0.3 is 0 Å². The lowest BCUT2D eigenvalue weighted by molar-refractivity contribution is -0.884. The van der Waals surface area contributed by atoms with Crippen LogP contribution in [0.15, 0.2) is 54.6 Å². The van der Waals surface area contributed by atoms with Gasteiger partial charge in [0.2, 0.25) is 0 Å². The molecule has 1 heterocycles. The van der Waals surface area contributed by atoms with Gasteiger partial charge in [-0.15, -0.1) is 0 Å². The van der Waals surface area contributed by atoms with Crippen LogP contribution < -0.4 is 15.1 Å². The first-order valence-electron chi connectivity index (χ1n) is 8.80. The van der Waals surface area contributed by atoms with Crippen LogP contribution in [0, 0.1) is 0 Å². The molecule has 0 aromatic heterocycles. The number of hydrazine groups is 1. The monoisotopic (exact) mass is 354 g/mol. The summed E-state index contributed by atoms with van der Waals surface area (Å²) in [5.74, 6) is 0.355. The highest BCUT2D eigenvalue weighted by molar-refractivity contribution is 6.08. The highest BCUT2D eigenvalue weighted by Gasteiger charge is 2.18. The molecular weight excluding hydrogens is 330 g/mol. The summed E-state index contributed by atoms with van der Waals surface area (Å²) in [6.45, 7) is 3.66. The van der Waals surface area contributed by atoms with E-state index in [9.17, 15) is 9.59 Å². The van der Waals surface area contributed by atoms with Crippen LogP contribution in [-0.4, -0.2) is 56.5 Å². The van der Waals surface area contributed by atoms with Gasteiger partial charge in [-0.1, -0.05) is 30.3 Å². The molecule has 2 aromatic carbocycles. The Bertz CT molecular complexity index is 739. The number of nitrogens with one attached hydrogen (secondary N) is 2. The minimum Gasteiger partial charge on any atom is -0.484 e. The average Bonchev–Trinajstić information content (AvgIpc) is 2.69. The molecule has 0 aliphatic carbocycles. The van der Waals surface area contributed by atoms with Crippen molar-refractivity contribution in [1.29, 1.82) is 0 Å². The summed E-state index contributed by atoms with van der Waals surface area (Å²) in [4.78, 5) is 25.8. The van der Waals surface area contributed by atoms with Crippen molar-refractivity contribution in [2.24, 2.45) is 0 Å². The molecule has 1 aliphatic heterocycles. The Hall–Kier alpha value is -2.70. The van der Waals surface area contributed by atoms with E-state index in [1.807, 2.05) is 23.2 Å². The van der Waals surface area contributed by atoms with Gasteiger partial charge in [-0.2, -0.15) is 0 Å². The Labute approximate surface area is 153 Å². The molecule has 0 spiro atoms. The summed E-state index contributed by atoms with van der Waals surface area (Å²) in [5, 5.41) is 1.93. The standard InChI is InChI=1S/C20H23N3O3/c1-22-11-13-23(14-12-22)21-19(24)15-26-18-9-7-17(8-10-18)20(25)16-5-3-2-4-6-16/h2-10H,11-15H2,1H3,(H,21,24)/p+1. The van der Waals surface area contributed by atoms with Crippen molar-refractivity contribution >= 4 is 11.7 Å². The van der Waals surface area contributed by atoms with Gasteiger partial charge in [0.1, 0.15) is 5.75 Å². The molecule has 1 amide bonds. The molecule has 0 bridgehead atoms. The lowest BCUT2D eigenvalue weighted by Crippen LogP contribution is -3.12. The molecule has 26 heavy (non-hydrogen) atoms. The zero-order chi connectivity index (χ0) is 18.4. The van der Waals surface area contributed by atoms with Crippen LogP contribution in [0.2, 0.25) is 0 Å². The molecule has 1 saturated heterocycles. The fraction of sp³-hybridized carbons (Fsp3) is 0.300. The smallest absolute Gasteiger partial charge is 0.272 e. The van der Waals surface area contributed by atoms with Gasteiger partial charge in [0.15, 0.2) is 12.4 Å². The van der Waals surface area contributed by atoms with Crippen LogP contribution in [-0.2, 0) is 4.79 Å². The van der Waals surface area contributed by atoms with Crippen molar-refractivity contribution in [2.75, 3.05) is 39.8 Å². The first-order chi connectivity index (χ1) is 12.6. The Balaban J connectivity index is 1.48. The Morgan fingerprint density at radius 3 is 2.27 bits per heavy atom. The lowest BCUT2D eigenvalue weighted by atomic mass is 10.0. The van der Waals surface area contributed by atoms with Crippen LogP contribution in [0.1, 0.15) is 15.9 Å². The number of hydrogen-bond donors (Lipinski definition) is 2. The Kier molecular flexibility index (Phi) is 5.99. The number of piperazine rings is 1. The molecule has 0 saturated carbocycles. The van der Waals surface area contributed by atoms with Crippen molar-refractivity contribution < 1.29 is 19.2 Å². The van der Waals surface area contributed by atoms with E-state index in [-0.39, 0.29) is 18.3 Å². The fourth-order valence-corrected chi connectivity index (χ4v) is 2.82. The number of quaternary nitrogens is 1. The summed E-state index contributed by atoms with van der Waals surface area (Å²) in [5.41, 5.74) is 4.10. The third kappa shape index (κ3) is 4.91. The number of ether oxygens (including phenoxy) is 1. The van der Waals surface area contributed by atoms with E-state index >= 15 is 0 Å². The SMILES string of the molecule is C[NH+]1CCN(NC(=O)COc2ccc(C(=O)c3ccccc3)cc2)CC1. The first kappa shape index (κ1) is 18.1. The molecule has 0 unspecified atom stereocenters. The highest BCUT2D eigenvalue weighted by atomic mass is 16.5. The molecule has 2 aromatic rings. The van der Waals surface area contributed by atoms with Crippen molar-refractivity contribution in [3.63, 3.8) is 0 Å². The molecule has 0 radical (unpaired) electrons. The maximum Gasteiger partial charge on any atom is 0.272 e. The number of nitrogens with zero attached hydrogens (tertiary/aromatic N) is 1. The van der Waals surface area contributed by atoms with Crippen LogP contribution >= 0.6 is 0 Å². The van der Waals surface area contributed by atoms with E-state index in [1.165, 1.54) is 4.90 Å². The maximum atomic E-state index is 12.4. The Morgan fingerprint density at radius 1 is 1.00 bits per heavy atom. The van der Waals surface area contributed by atoms with Crippen LogP contribution in [0.5, 0.6) is 5.75 Å². The van der Waals surface area contributed by atoms with Gasteiger partial charge in [-0.3, -0.25) is 15.0 Å². The molecular formula is C20H24N3O3+. The zero-order valence-corrected chi connectivity index (χ0v) is 14.9. The maximum absolute atomic E-state index is 12.4. The number of hydrogen-bond acceptors (Lipinski definition) is 4. The normalized spacial score (nSPS) is 15.4. The largest absolute Gasteiger partial charge is 0.484 e. The lowest BCUT2D eigenvalue weighted by Gasteiger charge is -2.29. The van der Waals surface area contributed by atoms with Gasteiger partial charge in [-0.25, -0.2) is 5.01 Å². The number of ketones is 1. The first-order valence-corrected chi connectivity index (χ1v) is 8.80. The van der Waals surface area contributed by atoms with Crippen LogP contribution in [0.25, 0.3) is 0 Å². The quantitative estimate of drug-likeness (QED) is 0.726. The summed E-state index contributed by atoms with van der Waals surface area (Å²) >= 11 is 0. The van der Waals surface area contributed by atoms with Crippen molar-refractivity contribution in [2.45, 2.75) is 0 Å². The third-order valence-electron chi connectivity index (χ3n) is 4.42. The highest BCUT2D eigenvalue weighted by Crippen LogP contribution is 2.15. The van der Waals surface area contributed by atoms with Crippen molar-refractivity contribution in [1.82, 2.24) is 10.4 Å². The molecule has 1 fully saturated rings. The second kappa shape index (κ2) is 8.60. The molecule has 6 nitrogen and oxygen atoms in total. The van der Waals surface area contributed by atoms with Crippen LogP contribution in [0.3, 0.4) is 0 Å². The summed E-state index contributed by atoms with van der Waals surface area (Å²) < 4.78 is 5.52. The van der Waals surface area contributed by atoms with E-state index in [4.69, 9.17) is 4.74 Å². The predicted molar refractivity (Wildman–Crippen MR) is 98.1 cm³/mol. The van der Waals surface area contributed by atoms with E-state index < -0.39 is 0 Å². The zero-order valence-electron chi connectivity index (χ0n) is 14.9. The summed E-state index contributed by atoms with van der Waals surface area (Å²) in [6.07, 6.45) is 0. The number of benzene rings is 2. The van der Waals surface area contributed by atoms with E-state index in [0.29, 0.717) is 16.9 Å². The Morgan fingerprint density at radius 2 is 1.62 bits per heavy atom. The van der Waals surface area contributed by atoms with Gasteiger partial charge in [0, 0.05) is 11.1 Å². The fourth-order valence-electron chi connectivity index (χ4n) is 2.82. The number of carbonyl (C=O) groups is 2. The summed E-state index contributed by atoms with van der Waals surface area (Å²) in [7, 11) is 2.15. The van der Waals surface area contributed by atoms with Crippen molar-refractivity contribution in [3.05, 3.63) is 65.7 Å². The topological polar surface area (TPSA) is 63.1 Å². The molecule has 0 atom stereocenters.